The summed E-state index contributed by atoms with van der Waals surface area (Å²) >= 11 is 0. The first-order chi connectivity index (χ1) is 9.81. The lowest BCUT2D eigenvalue weighted by molar-refractivity contribution is 0.0699. The van der Waals surface area contributed by atoms with Crippen LogP contribution < -0.4 is 0 Å². The molecule has 112 valence electrons. The van der Waals surface area contributed by atoms with Crippen molar-refractivity contribution in [3.63, 3.8) is 0 Å². The minimum absolute atomic E-state index is 0.173. The third-order valence-electron chi connectivity index (χ3n) is 4.64. The molecule has 3 atom stereocenters. The summed E-state index contributed by atoms with van der Waals surface area (Å²) in [5.41, 5.74) is 1.26. The minimum atomic E-state index is 0.173. The van der Waals surface area contributed by atoms with Crippen molar-refractivity contribution in [2.45, 2.75) is 70.5 Å². The first kappa shape index (κ1) is 15.5. The van der Waals surface area contributed by atoms with Crippen LogP contribution >= 0.6 is 0 Å². The van der Waals surface area contributed by atoms with Crippen LogP contribution in [0.25, 0.3) is 0 Å². The van der Waals surface area contributed by atoms with E-state index in [-0.39, 0.29) is 12.6 Å². The first-order valence-corrected chi connectivity index (χ1v) is 8.25. The lowest BCUT2D eigenvalue weighted by atomic mass is 10.0. The van der Waals surface area contributed by atoms with Crippen LogP contribution in [-0.2, 0) is 0 Å². The van der Waals surface area contributed by atoms with E-state index in [1.54, 1.807) is 0 Å². The molecule has 20 heavy (non-hydrogen) atoms. The first-order valence-electron chi connectivity index (χ1n) is 8.25. The molecular weight excluding hydrogens is 246 g/mol. The van der Waals surface area contributed by atoms with Crippen LogP contribution in [0.5, 0.6) is 0 Å². The lowest BCUT2D eigenvalue weighted by Crippen LogP contribution is -2.40. The van der Waals surface area contributed by atoms with Crippen molar-refractivity contribution in [1.29, 1.82) is 0 Å². The molecule has 1 aliphatic heterocycles. The van der Waals surface area contributed by atoms with Gasteiger partial charge in [-0.25, -0.2) is 0 Å². The Labute approximate surface area is 123 Å². The van der Waals surface area contributed by atoms with E-state index < -0.39 is 0 Å². The maximum Gasteiger partial charge on any atom is 0.0628 e. The van der Waals surface area contributed by atoms with Crippen LogP contribution in [0.2, 0.25) is 0 Å². The zero-order valence-electron chi connectivity index (χ0n) is 13.0. The highest BCUT2D eigenvalue weighted by atomic mass is 16.3. The van der Waals surface area contributed by atoms with E-state index in [0.717, 1.165) is 0 Å². The fraction of sp³-hybridized carbons (Fsp3) is 0.667. The minimum Gasteiger partial charge on any atom is -0.394 e. The van der Waals surface area contributed by atoms with Crippen LogP contribution in [0.3, 0.4) is 0 Å². The molecule has 1 fully saturated rings. The fourth-order valence-corrected chi connectivity index (χ4v) is 3.79. The molecule has 0 aliphatic carbocycles. The van der Waals surface area contributed by atoms with Crippen LogP contribution in [0.15, 0.2) is 30.3 Å². The summed E-state index contributed by atoms with van der Waals surface area (Å²) in [6.07, 6.45) is 7.55. The average Bonchev–Trinajstić information content (AvgIpc) is 2.85. The van der Waals surface area contributed by atoms with Gasteiger partial charge in [-0.3, -0.25) is 4.90 Å². The molecule has 2 heteroatoms. The summed E-state index contributed by atoms with van der Waals surface area (Å²) in [4.78, 5) is 2.63. The molecule has 2 nitrogen and oxygen atoms in total. The fourth-order valence-electron chi connectivity index (χ4n) is 3.79. The van der Waals surface area contributed by atoms with E-state index in [1.165, 1.54) is 44.1 Å². The van der Waals surface area contributed by atoms with E-state index in [1.807, 2.05) is 0 Å². The van der Waals surface area contributed by atoms with Gasteiger partial charge < -0.3 is 5.11 Å². The highest BCUT2D eigenvalue weighted by Gasteiger charge is 2.37. The van der Waals surface area contributed by atoms with Gasteiger partial charge in [0.05, 0.1) is 12.6 Å². The van der Waals surface area contributed by atoms with Crippen molar-refractivity contribution >= 4 is 0 Å². The molecule has 1 saturated heterocycles. The molecule has 1 N–H and O–H groups in total. The maximum absolute atomic E-state index is 9.97. The lowest BCUT2D eigenvalue weighted by Gasteiger charge is -2.37. The van der Waals surface area contributed by atoms with Gasteiger partial charge in [-0.05, 0) is 31.2 Å². The molecule has 0 bridgehead atoms. The molecule has 1 aliphatic rings. The highest BCUT2D eigenvalue weighted by Crippen LogP contribution is 2.37. The second-order valence-electron chi connectivity index (χ2n) is 6.02. The number of likely N-dealkylation sites (tertiary alicyclic amines) is 1. The maximum atomic E-state index is 9.97. The Kier molecular flexibility index (Phi) is 6.06. The Balaban J connectivity index is 2.22. The number of rotatable bonds is 7. The van der Waals surface area contributed by atoms with Gasteiger partial charge in [-0.15, -0.1) is 0 Å². The van der Waals surface area contributed by atoms with E-state index in [0.29, 0.717) is 12.1 Å². The zero-order valence-corrected chi connectivity index (χ0v) is 13.0. The van der Waals surface area contributed by atoms with Gasteiger partial charge in [-0.2, -0.15) is 0 Å². The Hall–Kier alpha value is -0.860. The third-order valence-corrected chi connectivity index (χ3v) is 4.64. The third kappa shape index (κ3) is 3.42. The molecule has 1 aromatic rings. The average molecular weight is 275 g/mol. The van der Waals surface area contributed by atoms with Crippen molar-refractivity contribution < 1.29 is 5.11 Å². The van der Waals surface area contributed by atoms with Gasteiger partial charge in [0.15, 0.2) is 0 Å². The van der Waals surface area contributed by atoms with Gasteiger partial charge in [0.2, 0.25) is 0 Å². The second-order valence-corrected chi connectivity index (χ2v) is 6.02. The van der Waals surface area contributed by atoms with Crippen molar-refractivity contribution in [2.24, 2.45) is 0 Å². The zero-order chi connectivity index (χ0) is 14.4. The Morgan fingerprint density at radius 2 is 1.60 bits per heavy atom. The summed E-state index contributed by atoms with van der Waals surface area (Å²) in [7, 11) is 0. The van der Waals surface area contributed by atoms with Gasteiger partial charge in [0, 0.05) is 12.1 Å². The number of aliphatic hydroxyl groups excluding tert-OH is 1. The molecule has 1 aromatic carbocycles. The topological polar surface area (TPSA) is 23.5 Å². The summed E-state index contributed by atoms with van der Waals surface area (Å²) in [6.45, 7) is 4.76. The highest BCUT2D eigenvalue weighted by molar-refractivity contribution is 5.20. The molecule has 0 radical (unpaired) electrons. The van der Waals surface area contributed by atoms with Crippen LogP contribution in [-0.4, -0.2) is 28.7 Å². The number of aliphatic hydroxyl groups is 1. The van der Waals surface area contributed by atoms with Gasteiger partial charge in [0.1, 0.15) is 0 Å². The largest absolute Gasteiger partial charge is 0.394 e. The molecule has 0 aromatic heterocycles. The van der Waals surface area contributed by atoms with Crippen molar-refractivity contribution in [2.75, 3.05) is 6.61 Å². The van der Waals surface area contributed by atoms with E-state index in [9.17, 15) is 5.11 Å². The van der Waals surface area contributed by atoms with Crippen LogP contribution in [0.1, 0.15) is 64.0 Å². The molecule has 3 unspecified atom stereocenters. The Morgan fingerprint density at radius 1 is 1.05 bits per heavy atom. The summed E-state index contributed by atoms with van der Waals surface area (Å²) in [5, 5.41) is 9.97. The molecule has 1 heterocycles. The van der Waals surface area contributed by atoms with Gasteiger partial charge >= 0.3 is 0 Å². The summed E-state index contributed by atoms with van der Waals surface area (Å²) in [5.74, 6) is 0. The van der Waals surface area contributed by atoms with Crippen LogP contribution in [0.4, 0.5) is 0 Å². The Morgan fingerprint density at radius 3 is 2.05 bits per heavy atom. The molecule has 2 rings (SSSR count). The van der Waals surface area contributed by atoms with Gasteiger partial charge in [-0.1, -0.05) is 57.0 Å². The summed E-state index contributed by atoms with van der Waals surface area (Å²) in [6, 6.07) is 12.0. The van der Waals surface area contributed by atoms with E-state index >= 15 is 0 Å². The number of hydrogen-bond acceptors (Lipinski definition) is 2. The second kappa shape index (κ2) is 7.80. The quantitative estimate of drug-likeness (QED) is 0.808. The number of hydrogen-bond donors (Lipinski definition) is 1. The normalized spacial score (nSPS) is 24.9. The molecule has 0 saturated carbocycles. The Bertz CT molecular complexity index is 364. The van der Waals surface area contributed by atoms with Crippen molar-refractivity contribution in [1.82, 2.24) is 4.90 Å². The smallest absolute Gasteiger partial charge is 0.0628 e. The van der Waals surface area contributed by atoms with Gasteiger partial charge in [0.25, 0.3) is 0 Å². The predicted molar refractivity (Wildman–Crippen MR) is 84.7 cm³/mol. The van der Waals surface area contributed by atoms with E-state index in [2.05, 4.69) is 49.1 Å². The van der Waals surface area contributed by atoms with Crippen molar-refractivity contribution in [3.05, 3.63) is 35.9 Å². The number of nitrogens with zero attached hydrogens (tertiary/aromatic N) is 1. The van der Waals surface area contributed by atoms with E-state index in [4.69, 9.17) is 0 Å². The molecular formula is C18H29NO. The van der Waals surface area contributed by atoms with Crippen molar-refractivity contribution in [3.8, 4) is 0 Å². The molecule has 0 spiro atoms. The SMILES string of the molecule is CCCC1CCC(CCC)N1C(CO)c1ccccc1. The number of benzene rings is 1. The predicted octanol–water partition coefficient (Wildman–Crippen LogP) is 4.15. The summed E-state index contributed by atoms with van der Waals surface area (Å²) < 4.78 is 0. The monoisotopic (exact) mass is 275 g/mol. The molecule has 0 amide bonds. The standard InChI is InChI=1S/C18H29NO/c1-3-8-16-12-13-17(9-4-2)19(16)18(14-20)15-10-6-5-7-11-15/h5-7,10-11,16-18,20H,3-4,8-9,12-14H2,1-2H3. The van der Waals surface area contributed by atoms with Crippen LogP contribution in [0, 0.1) is 0 Å².